The molecule has 2 aliphatic rings. The van der Waals surface area contributed by atoms with Gasteiger partial charge in [-0.15, -0.1) is 0 Å². The van der Waals surface area contributed by atoms with E-state index in [2.05, 4.69) is 5.10 Å². The molecule has 1 aromatic rings. The molecule has 20 heavy (non-hydrogen) atoms. The molecule has 2 atom stereocenters. The van der Waals surface area contributed by atoms with Gasteiger partial charge in [-0.05, 0) is 19.3 Å². The molecule has 1 heterocycles. The Morgan fingerprint density at radius 1 is 1.55 bits per heavy atom. The predicted molar refractivity (Wildman–Crippen MR) is 60.6 cm³/mol. The van der Waals surface area contributed by atoms with Crippen LogP contribution in [0.15, 0.2) is 0 Å². The molecule has 0 aliphatic heterocycles. The van der Waals surface area contributed by atoms with E-state index in [-0.39, 0.29) is 17.9 Å². The Bertz CT molecular complexity index is 611. The highest BCUT2D eigenvalue weighted by atomic mass is 19.3. The van der Waals surface area contributed by atoms with E-state index in [4.69, 9.17) is 9.84 Å². The van der Waals surface area contributed by atoms with Crippen LogP contribution in [0, 0.1) is 5.92 Å². The maximum Gasteiger partial charge on any atom is 0.359 e. The SMILES string of the molecule is CCOC(=O)c1nn(CC(=O)O)c2c1[C@H]1C[C@H]1C2(F)F. The number of carbonyl (C=O) groups is 2. The van der Waals surface area contributed by atoms with Crippen molar-refractivity contribution in [3.05, 3.63) is 17.0 Å². The third kappa shape index (κ3) is 1.63. The van der Waals surface area contributed by atoms with Gasteiger partial charge in [-0.3, -0.25) is 9.48 Å². The number of hydrogen-bond donors (Lipinski definition) is 1. The second kappa shape index (κ2) is 4.00. The summed E-state index contributed by atoms with van der Waals surface area (Å²) in [6.07, 6.45) is 0.297. The highest BCUT2D eigenvalue weighted by Crippen LogP contribution is 2.67. The average molecular weight is 286 g/mol. The Kier molecular flexibility index (Phi) is 2.60. The minimum atomic E-state index is -3.13. The van der Waals surface area contributed by atoms with Gasteiger partial charge in [0.05, 0.1) is 6.61 Å². The quantitative estimate of drug-likeness (QED) is 0.845. The summed E-state index contributed by atoms with van der Waals surface area (Å²) in [6, 6.07) is 0. The molecule has 8 heteroatoms. The Hall–Kier alpha value is -1.99. The fourth-order valence-electron chi connectivity index (χ4n) is 2.86. The molecule has 0 amide bonds. The molecular formula is C12H12F2N2O4. The number of esters is 1. The van der Waals surface area contributed by atoms with Gasteiger partial charge < -0.3 is 9.84 Å². The molecule has 0 spiro atoms. The van der Waals surface area contributed by atoms with Crippen molar-refractivity contribution in [3.63, 3.8) is 0 Å². The lowest BCUT2D eigenvalue weighted by molar-refractivity contribution is -0.138. The van der Waals surface area contributed by atoms with E-state index in [0.717, 1.165) is 4.68 Å². The second-order valence-corrected chi connectivity index (χ2v) is 4.95. The molecule has 0 radical (unpaired) electrons. The minimum absolute atomic E-state index is 0.101. The number of carboxylic acid groups (broad SMARTS) is 1. The lowest BCUT2D eigenvalue weighted by Gasteiger charge is -2.14. The number of alkyl halides is 2. The number of halogens is 2. The van der Waals surface area contributed by atoms with Gasteiger partial charge >= 0.3 is 11.9 Å². The van der Waals surface area contributed by atoms with Gasteiger partial charge in [0.2, 0.25) is 0 Å². The molecule has 1 fully saturated rings. The van der Waals surface area contributed by atoms with Crippen molar-refractivity contribution in [2.24, 2.45) is 5.92 Å². The van der Waals surface area contributed by atoms with Gasteiger partial charge in [0.25, 0.3) is 5.92 Å². The summed E-state index contributed by atoms with van der Waals surface area (Å²) in [6.45, 7) is 1.00. The first-order valence-corrected chi connectivity index (χ1v) is 6.25. The van der Waals surface area contributed by atoms with E-state index < -0.39 is 41.9 Å². The molecule has 3 rings (SSSR count). The smallest absolute Gasteiger partial charge is 0.359 e. The number of carboxylic acids is 1. The van der Waals surface area contributed by atoms with Gasteiger partial charge in [0, 0.05) is 11.5 Å². The van der Waals surface area contributed by atoms with Crippen LogP contribution < -0.4 is 0 Å². The zero-order chi connectivity index (χ0) is 14.7. The number of carbonyl (C=O) groups excluding carboxylic acids is 1. The van der Waals surface area contributed by atoms with E-state index in [1.54, 1.807) is 6.92 Å². The van der Waals surface area contributed by atoms with Crippen LogP contribution in [0.3, 0.4) is 0 Å². The van der Waals surface area contributed by atoms with E-state index in [9.17, 15) is 18.4 Å². The van der Waals surface area contributed by atoms with E-state index in [1.807, 2.05) is 0 Å². The average Bonchev–Trinajstić information content (AvgIpc) is 3.00. The van der Waals surface area contributed by atoms with E-state index in [0.29, 0.717) is 6.42 Å². The largest absolute Gasteiger partial charge is 0.480 e. The first-order valence-electron chi connectivity index (χ1n) is 6.25. The molecule has 108 valence electrons. The van der Waals surface area contributed by atoms with E-state index in [1.165, 1.54) is 0 Å². The fraction of sp³-hybridized carbons (Fsp3) is 0.583. The standard InChI is InChI=1S/C12H12F2N2O4/c1-2-20-11(19)9-8-5-3-6(5)12(13,14)10(8)16(15-9)4-7(17)18/h5-6H,2-4H2,1H3,(H,17,18)/t5-,6+/m0/s1. The van der Waals surface area contributed by atoms with Crippen LogP contribution in [0.2, 0.25) is 0 Å². The molecule has 1 aromatic heterocycles. The van der Waals surface area contributed by atoms with Crippen molar-refractivity contribution in [2.75, 3.05) is 6.61 Å². The van der Waals surface area contributed by atoms with Gasteiger partial charge in [0.1, 0.15) is 12.2 Å². The van der Waals surface area contributed by atoms with Crippen molar-refractivity contribution in [3.8, 4) is 0 Å². The Labute approximate surface area is 112 Å². The Morgan fingerprint density at radius 3 is 2.85 bits per heavy atom. The summed E-state index contributed by atoms with van der Waals surface area (Å²) in [5.41, 5.74) is -0.448. The number of nitrogens with zero attached hydrogens (tertiary/aromatic N) is 2. The molecule has 1 N–H and O–H groups in total. The fourth-order valence-corrected chi connectivity index (χ4v) is 2.86. The first-order chi connectivity index (χ1) is 9.37. The van der Waals surface area contributed by atoms with Crippen LogP contribution in [0.4, 0.5) is 8.78 Å². The molecule has 0 bridgehead atoms. The summed E-state index contributed by atoms with van der Waals surface area (Å²) in [7, 11) is 0. The summed E-state index contributed by atoms with van der Waals surface area (Å²) in [5.74, 6) is -6.46. The van der Waals surface area contributed by atoms with Crippen LogP contribution in [0.1, 0.15) is 41.0 Å². The number of fused-ring (bicyclic) bond motifs is 3. The normalized spacial score (nSPS) is 24.9. The van der Waals surface area contributed by atoms with Crippen LogP contribution in [-0.4, -0.2) is 33.4 Å². The van der Waals surface area contributed by atoms with Crippen LogP contribution in [0.25, 0.3) is 0 Å². The van der Waals surface area contributed by atoms with Gasteiger partial charge in [-0.1, -0.05) is 0 Å². The third-order valence-corrected chi connectivity index (χ3v) is 3.69. The monoisotopic (exact) mass is 286 g/mol. The van der Waals surface area contributed by atoms with E-state index >= 15 is 0 Å². The lowest BCUT2D eigenvalue weighted by atomic mass is 10.1. The van der Waals surface area contributed by atoms with Crippen molar-refractivity contribution >= 4 is 11.9 Å². The number of ether oxygens (including phenoxy) is 1. The van der Waals surface area contributed by atoms with Crippen molar-refractivity contribution in [2.45, 2.75) is 31.7 Å². The Morgan fingerprint density at radius 2 is 2.25 bits per heavy atom. The third-order valence-electron chi connectivity index (χ3n) is 3.69. The summed E-state index contributed by atoms with van der Waals surface area (Å²) in [4.78, 5) is 22.5. The maximum absolute atomic E-state index is 14.1. The molecular weight excluding hydrogens is 274 g/mol. The molecule has 6 nitrogen and oxygen atoms in total. The van der Waals surface area contributed by atoms with Crippen molar-refractivity contribution in [1.29, 1.82) is 0 Å². The second-order valence-electron chi connectivity index (χ2n) is 4.95. The maximum atomic E-state index is 14.1. The molecule has 0 unspecified atom stereocenters. The number of hydrogen-bond acceptors (Lipinski definition) is 4. The number of aliphatic carboxylic acids is 1. The van der Waals surface area contributed by atoms with Crippen molar-refractivity contribution in [1.82, 2.24) is 9.78 Å². The summed E-state index contributed by atoms with van der Waals surface area (Å²) < 4.78 is 33.8. The summed E-state index contributed by atoms with van der Waals surface area (Å²) >= 11 is 0. The van der Waals surface area contributed by atoms with Crippen LogP contribution in [-0.2, 0) is 22.0 Å². The highest BCUT2D eigenvalue weighted by molar-refractivity contribution is 5.90. The number of aromatic nitrogens is 2. The topological polar surface area (TPSA) is 81.4 Å². The van der Waals surface area contributed by atoms with Gasteiger partial charge in [0.15, 0.2) is 5.69 Å². The molecule has 0 saturated heterocycles. The zero-order valence-electron chi connectivity index (χ0n) is 10.6. The van der Waals surface area contributed by atoms with Gasteiger partial charge in [-0.25, -0.2) is 4.79 Å². The van der Waals surface area contributed by atoms with Crippen LogP contribution >= 0.6 is 0 Å². The Balaban J connectivity index is 2.10. The predicted octanol–water partition coefficient (Wildman–Crippen LogP) is 1.35. The van der Waals surface area contributed by atoms with Gasteiger partial charge in [-0.2, -0.15) is 13.9 Å². The molecule has 1 saturated carbocycles. The minimum Gasteiger partial charge on any atom is -0.480 e. The van der Waals surface area contributed by atoms with Crippen molar-refractivity contribution < 1.29 is 28.2 Å². The highest BCUT2D eigenvalue weighted by Gasteiger charge is 2.67. The first kappa shape index (κ1) is 13.0. The zero-order valence-corrected chi connectivity index (χ0v) is 10.6. The molecule has 0 aromatic carbocycles. The molecule has 2 aliphatic carbocycles. The van der Waals surface area contributed by atoms with Crippen LogP contribution in [0.5, 0.6) is 0 Å². The lowest BCUT2D eigenvalue weighted by Crippen LogP contribution is -2.22. The summed E-state index contributed by atoms with van der Waals surface area (Å²) in [5, 5.41) is 12.5. The number of rotatable bonds is 4.